The number of amides is 2. The van der Waals surface area contributed by atoms with Gasteiger partial charge in [-0.1, -0.05) is 48.5 Å². The maximum atomic E-state index is 13.6. The maximum absolute atomic E-state index is 13.6. The molecule has 0 atom stereocenters. The molecule has 1 N–H and O–H groups in total. The quantitative estimate of drug-likeness (QED) is 0.148. The van der Waals surface area contributed by atoms with E-state index in [0.717, 1.165) is 22.0 Å². The molecule has 4 rings (SSSR count). The molecule has 206 valence electrons. The first-order valence-electron chi connectivity index (χ1n) is 13.0. The number of carbonyl (C=O) groups excluding carboxylic acids is 2. The highest BCUT2D eigenvalue weighted by atomic mass is 16.6. The van der Waals surface area contributed by atoms with Crippen LogP contribution in [0.3, 0.4) is 0 Å². The second-order valence-corrected chi connectivity index (χ2v) is 9.34. The average Bonchev–Trinajstić information content (AvgIpc) is 3.39. The van der Waals surface area contributed by atoms with E-state index in [4.69, 9.17) is 4.74 Å². The molecule has 0 saturated carbocycles. The summed E-state index contributed by atoms with van der Waals surface area (Å²) in [4.78, 5) is 43.7. The zero-order chi connectivity index (χ0) is 28.3. The van der Waals surface area contributed by atoms with Gasteiger partial charge in [-0.15, -0.1) is 0 Å². The van der Waals surface area contributed by atoms with Gasteiger partial charge < -0.3 is 19.5 Å². The number of non-ortho nitro benzene ring substituents is 1. The molecule has 0 unspecified atom stereocenters. The number of ether oxygens (including phenoxy) is 1. The largest absolute Gasteiger partial charge is 0.383 e. The van der Waals surface area contributed by atoms with Crippen molar-refractivity contribution in [3.8, 4) is 0 Å². The number of nitrogens with one attached hydrogen (secondary N) is 1. The van der Waals surface area contributed by atoms with Crippen LogP contribution in [0.4, 0.5) is 5.69 Å². The summed E-state index contributed by atoms with van der Waals surface area (Å²) in [5.41, 5.74) is 3.79. The summed E-state index contributed by atoms with van der Waals surface area (Å²) >= 11 is 0. The summed E-state index contributed by atoms with van der Waals surface area (Å²) in [7, 11) is 1.54. The van der Waals surface area contributed by atoms with Crippen LogP contribution in [0.25, 0.3) is 17.0 Å². The van der Waals surface area contributed by atoms with E-state index >= 15 is 0 Å². The monoisotopic (exact) mass is 540 g/mol. The Labute approximate surface area is 232 Å². The predicted octanol–water partition coefficient (Wildman–Crippen LogP) is 4.84. The van der Waals surface area contributed by atoms with Crippen LogP contribution in [0.5, 0.6) is 0 Å². The molecule has 1 aromatic heterocycles. The molecular weight excluding hydrogens is 508 g/mol. The van der Waals surface area contributed by atoms with Crippen LogP contribution < -0.4 is 0 Å². The molecule has 3 aromatic carbocycles. The van der Waals surface area contributed by atoms with Gasteiger partial charge in [-0.25, -0.2) is 0 Å². The Morgan fingerprint density at radius 2 is 1.68 bits per heavy atom. The topological polar surface area (TPSA) is 109 Å². The van der Waals surface area contributed by atoms with E-state index in [1.807, 2.05) is 54.7 Å². The second kappa shape index (κ2) is 13.9. The Morgan fingerprint density at radius 1 is 0.950 bits per heavy atom. The summed E-state index contributed by atoms with van der Waals surface area (Å²) in [5.74, 6) is -0.517. The number of hydrogen-bond donors (Lipinski definition) is 1. The molecule has 0 aliphatic heterocycles. The first-order chi connectivity index (χ1) is 19.4. The average molecular weight is 541 g/mol. The lowest BCUT2D eigenvalue weighted by atomic mass is 10.1. The maximum Gasteiger partial charge on any atom is 0.269 e. The third-order valence-electron chi connectivity index (χ3n) is 6.62. The first-order valence-corrected chi connectivity index (χ1v) is 13.0. The lowest BCUT2D eigenvalue weighted by Gasteiger charge is -2.27. The number of carbonyl (C=O) groups is 2. The van der Waals surface area contributed by atoms with Crippen molar-refractivity contribution in [3.05, 3.63) is 118 Å². The minimum atomic E-state index is -0.476. The molecule has 0 fully saturated rings. The van der Waals surface area contributed by atoms with Crippen molar-refractivity contribution in [2.75, 3.05) is 33.4 Å². The van der Waals surface area contributed by atoms with Crippen LogP contribution >= 0.6 is 0 Å². The SMILES string of the molecule is COCCN(CC(=O)N(CCc1c[nH]c2ccccc12)Cc1ccccc1)C(=O)C=Cc1ccc([N+](=O)[O-])cc1. The number of benzene rings is 3. The third-order valence-corrected chi connectivity index (χ3v) is 6.62. The van der Waals surface area contributed by atoms with Gasteiger partial charge in [0.05, 0.1) is 11.5 Å². The van der Waals surface area contributed by atoms with Crippen molar-refractivity contribution in [3.63, 3.8) is 0 Å². The Bertz CT molecular complexity index is 1460. The second-order valence-electron chi connectivity index (χ2n) is 9.34. The Balaban J connectivity index is 1.48. The molecule has 0 saturated heterocycles. The van der Waals surface area contributed by atoms with E-state index in [1.165, 1.54) is 23.1 Å². The van der Waals surface area contributed by atoms with E-state index in [-0.39, 0.29) is 37.2 Å². The van der Waals surface area contributed by atoms with Crippen molar-refractivity contribution in [1.29, 1.82) is 0 Å². The summed E-state index contributed by atoms with van der Waals surface area (Å²) < 4.78 is 5.19. The van der Waals surface area contributed by atoms with Crippen LogP contribution in [0.2, 0.25) is 0 Å². The molecule has 0 spiro atoms. The van der Waals surface area contributed by atoms with Crippen molar-refractivity contribution in [2.24, 2.45) is 0 Å². The normalized spacial score (nSPS) is 11.1. The van der Waals surface area contributed by atoms with Gasteiger partial charge in [-0.2, -0.15) is 0 Å². The first kappa shape index (κ1) is 28.3. The fourth-order valence-electron chi connectivity index (χ4n) is 4.40. The van der Waals surface area contributed by atoms with Gasteiger partial charge in [0, 0.05) is 62.1 Å². The molecule has 9 heteroatoms. The number of H-pyrrole nitrogens is 1. The molecular formula is C31H32N4O5. The number of fused-ring (bicyclic) bond motifs is 1. The van der Waals surface area contributed by atoms with E-state index in [1.54, 1.807) is 30.2 Å². The molecule has 0 aliphatic rings. The number of nitrogens with zero attached hydrogens (tertiary/aromatic N) is 3. The summed E-state index contributed by atoms with van der Waals surface area (Å²) in [6.07, 6.45) is 5.59. The van der Waals surface area contributed by atoms with Crippen LogP contribution in [0, 0.1) is 10.1 Å². The number of aromatic amines is 1. The van der Waals surface area contributed by atoms with Gasteiger partial charge in [0.15, 0.2) is 0 Å². The molecule has 0 radical (unpaired) electrons. The van der Waals surface area contributed by atoms with Gasteiger partial charge in [-0.3, -0.25) is 19.7 Å². The number of rotatable bonds is 13. The fourth-order valence-corrected chi connectivity index (χ4v) is 4.40. The van der Waals surface area contributed by atoms with Crippen LogP contribution in [-0.4, -0.2) is 64.9 Å². The van der Waals surface area contributed by atoms with Crippen molar-refractivity contribution in [1.82, 2.24) is 14.8 Å². The highest BCUT2D eigenvalue weighted by Crippen LogP contribution is 2.19. The Hall–Kier alpha value is -4.76. The number of para-hydroxylation sites is 1. The van der Waals surface area contributed by atoms with Crippen LogP contribution in [-0.2, 0) is 27.3 Å². The van der Waals surface area contributed by atoms with Gasteiger partial charge in [0.1, 0.15) is 6.54 Å². The highest BCUT2D eigenvalue weighted by molar-refractivity contribution is 5.94. The smallest absolute Gasteiger partial charge is 0.269 e. The van der Waals surface area contributed by atoms with Crippen molar-refractivity contribution in [2.45, 2.75) is 13.0 Å². The molecule has 2 amide bonds. The molecule has 1 heterocycles. The number of aromatic nitrogens is 1. The molecule has 40 heavy (non-hydrogen) atoms. The lowest BCUT2D eigenvalue weighted by molar-refractivity contribution is -0.384. The minimum Gasteiger partial charge on any atom is -0.383 e. The number of nitro benzene ring substituents is 1. The zero-order valence-electron chi connectivity index (χ0n) is 22.4. The van der Waals surface area contributed by atoms with Gasteiger partial charge in [0.2, 0.25) is 11.8 Å². The van der Waals surface area contributed by atoms with Gasteiger partial charge in [-0.05, 0) is 47.4 Å². The van der Waals surface area contributed by atoms with E-state index < -0.39 is 4.92 Å². The standard InChI is InChI=1S/C31H32N4O5/c1-40-20-19-34(30(36)16-13-24-11-14-27(15-12-24)35(38)39)23-31(37)33(22-25-7-3-2-4-8-25)18-17-26-21-32-29-10-6-5-9-28(26)29/h2-16,21,32H,17-20,22-23H2,1H3. The number of methoxy groups -OCH3 is 1. The van der Waals surface area contributed by atoms with E-state index in [9.17, 15) is 19.7 Å². The Morgan fingerprint density at radius 3 is 2.40 bits per heavy atom. The summed E-state index contributed by atoms with van der Waals surface area (Å²) in [5, 5.41) is 12.0. The van der Waals surface area contributed by atoms with Gasteiger partial charge >= 0.3 is 0 Å². The van der Waals surface area contributed by atoms with E-state index in [0.29, 0.717) is 25.1 Å². The number of nitro groups is 1. The van der Waals surface area contributed by atoms with Crippen LogP contribution in [0.15, 0.2) is 91.1 Å². The van der Waals surface area contributed by atoms with Crippen molar-refractivity contribution < 1.29 is 19.2 Å². The van der Waals surface area contributed by atoms with Crippen LogP contribution in [0.1, 0.15) is 16.7 Å². The predicted molar refractivity (Wildman–Crippen MR) is 154 cm³/mol. The molecule has 4 aromatic rings. The van der Waals surface area contributed by atoms with Gasteiger partial charge in [0.25, 0.3) is 5.69 Å². The highest BCUT2D eigenvalue weighted by Gasteiger charge is 2.21. The van der Waals surface area contributed by atoms with E-state index in [2.05, 4.69) is 11.1 Å². The molecule has 0 aliphatic carbocycles. The molecule has 0 bridgehead atoms. The fraction of sp³-hybridized carbons (Fsp3) is 0.226. The Kier molecular flexibility index (Phi) is 9.79. The lowest BCUT2D eigenvalue weighted by Crippen LogP contribution is -2.44. The summed E-state index contributed by atoms with van der Waals surface area (Å²) in [6, 6.07) is 23.7. The molecule has 9 nitrogen and oxygen atoms in total. The third kappa shape index (κ3) is 7.64. The minimum absolute atomic E-state index is 0.0260. The zero-order valence-corrected chi connectivity index (χ0v) is 22.4. The summed E-state index contributed by atoms with van der Waals surface area (Å²) in [6.45, 7) is 1.33. The van der Waals surface area contributed by atoms with Crippen molar-refractivity contribution >= 4 is 34.5 Å². The number of hydrogen-bond acceptors (Lipinski definition) is 5.